The molecule has 0 radical (unpaired) electrons. The molecule has 1 aromatic rings. The lowest BCUT2D eigenvalue weighted by Gasteiger charge is -2.34. The maximum atomic E-state index is 12.5. The van der Waals surface area contributed by atoms with Crippen molar-refractivity contribution in [2.75, 3.05) is 37.7 Å². The lowest BCUT2D eigenvalue weighted by Crippen LogP contribution is -2.54. The molecule has 2 aliphatic rings. The van der Waals surface area contributed by atoms with Crippen LogP contribution in [0.4, 0.5) is 11.4 Å². The molecule has 1 aromatic carbocycles. The number of carbonyl (C=O) groups is 2. The second kappa shape index (κ2) is 6.44. The fourth-order valence-corrected chi connectivity index (χ4v) is 2.87. The van der Waals surface area contributed by atoms with Crippen molar-refractivity contribution in [3.8, 4) is 5.75 Å². The number of nitrogens with zero attached hydrogens (tertiary/aromatic N) is 3. The van der Waals surface area contributed by atoms with Gasteiger partial charge in [-0.15, -0.1) is 0 Å². The number of ether oxygens (including phenoxy) is 1. The minimum absolute atomic E-state index is 0.150. The van der Waals surface area contributed by atoms with Crippen LogP contribution in [0, 0.1) is 10.1 Å². The van der Waals surface area contributed by atoms with Crippen LogP contribution in [-0.4, -0.2) is 60.5 Å². The van der Waals surface area contributed by atoms with Crippen LogP contribution >= 0.6 is 0 Å². The number of carbonyl (C=O) groups excluding carboxylic acids is 2. The highest BCUT2D eigenvalue weighted by Gasteiger charge is 2.31. The monoisotopic (exact) mass is 334 g/mol. The number of non-ortho nitro benzene ring substituents is 1. The van der Waals surface area contributed by atoms with E-state index in [9.17, 15) is 19.7 Å². The molecule has 24 heavy (non-hydrogen) atoms. The molecule has 0 saturated carbocycles. The third-order valence-corrected chi connectivity index (χ3v) is 4.11. The molecule has 1 N–H and O–H groups in total. The van der Waals surface area contributed by atoms with Crippen LogP contribution in [0.25, 0.3) is 0 Å². The van der Waals surface area contributed by atoms with Crippen molar-refractivity contribution in [3.05, 3.63) is 28.3 Å². The Morgan fingerprint density at radius 2 is 2.29 bits per heavy atom. The summed E-state index contributed by atoms with van der Waals surface area (Å²) in [7, 11) is 0. The maximum Gasteiger partial charge on any atom is 0.271 e. The number of rotatable bonds is 3. The number of piperazine rings is 1. The highest BCUT2D eigenvalue weighted by molar-refractivity contribution is 6.02. The summed E-state index contributed by atoms with van der Waals surface area (Å²) in [6, 6.07) is 4.22. The van der Waals surface area contributed by atoms with Crippen LogP contribution in [0.5, 0.6) is 5.75 Å². The Labute approximate surface area is 138 Å². The summed E-state index contributed by atoms with van der Waals surface area (Å²) < 4.78 is 5.30. The minimum atomic E-state index is -0.544. The highest BCUT2D eigenvalue weighted by Crippen LogP contribution is 2.35. The van der Waals surface area contributed by atoms with Crippen LogP contribution in [-0.2, 0) is 9.59 Å². The van der Waals surface area contributed by atoms with E-state index in [1.807, 2.05) is 6.92 Å². The third kappa shape index (κ3) is 3.16. The van der Waals surface area contributed by atoms with Gasteiger partial charge in [-0.1, -0.05) is 0 Å². The molecule has 2 heterocycles. The average molecular weight is 334 g/mol. The van der Waals surface area contributed by atoms with E-state index >= 15 is 0 Å². The standard InChI is InChI=1S/C15H18N4O5/c1-10-7-17(5-4-16-10)14(20)8-18-12-6-11(19(22)23)2-3-13(12)24-9-15(18)21/h2-3,6,10,16H,4-5,7-9H2,1H3. The first-order valence-electron chi connectivity index (χ1n) is 7.68. The zero-order valence-corrected chi connectivity index (χ0v) is 13.2. The number of nitro groups is 1. The molecule has 128 valence electrons. The van der Waals surface area contributed by atoms with Gasteiger partial charge >= 0.3 is 0 Å². The Hall–Kier alpha value is -2.68. The first kappa shape index (κ1) is 16.2. The van der Waals surface area contributed by atoms with Gasteiger partial charge in [-0.2, -0.15) is 0 Å². The first-order chi connectivity index (χ1) is 11.5. The van der Waals surface area contributed by atoms with Gasteiger partial charge in [-0.3, -0.25) is 24.6 Å². The van der Waals surface area contributed by atoms with Crippen LogP contribution in [0.2, 0.25) is 0 Å². The molecule has 2 aliphatic heterocycles. The summed E-state index contributed by atoms with van der Waals surface area (Å²) in [5.41, 5.74) is 0.109. The number of hydrogen-bond donors (Lipinski definition) is 1. The normalized spacial score (nSPS) is 20.4. The minimum Gasteiger partial charge on any atom is -0.482 e. The van der Waals surface area contributed by atoms with E-state index in [0.717, 1.165) is 0 Å². The largest absolute Gasteiger partial charge is 0.482 e. The van der Waals surface area contributed by atoms with Gasteiger partial charge in [-0.25, -0.2) is 0 Å². The lowest BCUT2D eigenvalue weighted by molar-refractivity contribution is -0.384. The third-order valence-electron chi connectivity index (χ3n) is 4.11. The predicted octanol–water partition coefficient (Wildman–Crippen LogP) is 0.141. The Kier molecular flexibility index (Phi) is 4.34. The molecular weight excluding hydrogens is 316 g/mol. The fourth-order valence-electron chi connectivity index (χ4n) is 2.87. The van der Waals surface area contributed by atoms with Gasteiger partial charge in [0.1, 0.15) is 12.3 Å². The van der Waals surface area contributed by atoms with Crippen LogP contribution in [0.15, 0.2) is 18.2 Å². The topological polar surface area (TPSA) is 105 Å². The van der Waals surface area contributed by atoms with Crippen molar-refractivity contribution in [3.63, 3.8) is 0 Å². The molecule has 3 rings (SSSR count). The fraction of sp³-hybridized carbons (Fsp3) is 0.467. The molecule has 9 heteroatoms. The van der Waals surface area contributed by atoms with Gasteiger partial charge in [0.05, 0.1) is 10.6 Å². The van der Waals surface area contributed by atoms with E-state index in [0.29, 0.717) is 25.4 Å². The van der Waals surface area contributed by atoms with Crippen molar-refractivity contribution in [2.24, 2.45) is 0 Å². The number of benzene rings is 1. The summed E-state index contributed by atoms with van der Waals surface area (Å²) in [5.74, 6) is -0.211. The zero-order chi connectivity index (χ0) is 17.3. The van der Waals surface area contributed by atoms with Gasteiger partial charge in [-0.05, 0) is 13.0 Å². The van der Waals surface area contributed by atoms with Crippen molar-refractivity contribution in [1.29, 1.82) is 0 Å². The number of nitro benzene ring substituents is 1. The predicted molar refractivity (Wildman–Crippen MR) is 85.0 cm³/mol. The Morgan fingerprint density at radius 1 is 1.50 bits per heavy atom. The highest BCUT2D eigenvalue weighted by atomic mass is 16.6. The number of fused-ring (bicyclic) bond motifs is 1. The van der Waals surface area contributed by atoms with Crippen molar-refractivity contribution in [1.82, 2.24) is 10.2 Å². The summed E-state index contributed by atoms with van der Waals surface area (Å²) in [4.78, 5) is 38.1. The SMILES string of the molecule is CC1CN(C(=O)CN2C(=O)COc3ccc([N+](=O)[O-])cc32)CCN1. The molecule has 1 atom stereocenters. The van der Waals surface area contributed by atoms with Crippen LogP contribution in [0.3, 0.4) is 0 Å². The van der Waals surface area contributed by atoms with Gasteiger partial charge in [0.15, 0.2) is 6.61 Å². The van der Waals surface area contributed by atoms with E-state index in [2.05, 4.69) is 5.32 Å². The van der Waals surface area contributed by atoms with E-state index < -0.39 is 4.92 Å². The smallest absolute Gasteiger partial charge is 0.271 e. The molecule has 0 bridgehead atoms. The number of nitrogens with one attached hydrogen (secondary N) is 1. The summed E-state index contributed by atoms with van der Waals surface area (Å²) in [6.45, 7) is 3.49. The number of amides is 2. The van der Waals surface area contributed by atoms with Crippen molar-refractivity contribution < 1.29 is 19.2 Å². The molecule has 1 unspecified atom stereocenters. The Morgan fingerprint density at radius 3 is 3.00 bits per heavy atom. The van der Waals surface area contributed by atoms with Gasteiger partial charge in [0, 0.05) is 37.8 Å². The molecule has 9 nitrogen and oxygen atoms in total. The molecule has 0 aromatic heterocycles. The average Bonchev–Trinajstić information content (AvgIpc) is 2.56. The first-order valence-corrected chi connectivity index (χ1v) is 7.68. The van der Waals surface area contributed by atoms with Crippen LogP contribution < -0.4 is 15.0 Å². The van der Waals surface area contributed by atoms with Crippen molar-refractivity contribution >= 4 is 23.2 Å². The Balaban J connectivity index is 1.82. The van der Waals surface area contributed by atoms with Crippen molar-refractivity contribution in [2.45, 2.75) is 13.0 Å². The van der Waals surface area contributed by atoms with E-state index in [1.54, 1.807) is 4.90 Å². The molecule has 0 spiro atoms. The lowest BCUT2D eigenvalue weighted by atomic mass is 10.2. The van der Waals surface area contributed by atoms with Gasteiger partial charge in [0.2, 0.25) is 5.91 Å². The maximum absolute atomic E-state index is 12.5. The van der Waals surface area contributed by atoms with Gasteiger partial charge < -0.3 is 15.0 Å². The molecular formula is C15H18N4O5. The summed E-state index contributed by atoms with van der Waals surface area (Å²) >= 11 is 0. The molecule has 1 saturated heterocycles. The molecule has 1 fully saturated rings. The second-order valence-corrected chi connectivity index (χ2v) is 5.87. The second-order valence-electron chi connectivity index (χ2n) is 5.87. The molecule has 0 aliphatic carbocycles. The van der Waals surface area contributed by atoms with E-state index in [4.69, 9.17) is 4.74 Å². The number of hydrogen-bond acceptors (Lipinski definition) is 6. The zero-order valence-electron chi connectivity index (χ0n) is 13.2. The van der Waals surface area contributed by atoms with Crippen LogP contribution in [0.1, 0.15) is 6.92 Å². The Bertz CT molecular complexity index is 692. The van der Waals surface area contributed by atoms with E-state index in [-0.39, 0.29) is 42.4 Å². The van der Waals surface area contributed by atoms with Gasteiger partial charge in [0.25, 0.3) is 11.6 Å². The quantitative estimate of drug-likeness (QED) is 0.623. The summed E-state index contributed by atoms with van der Waals surface area (Å²) in [5, 5.41) is 14.2. The summed E-state index contributed by atoms with van der Waals surface area (Å²) in [6.07, 6.45) is 0. The number of anilines is 1. The molecule has 2 amide bonds. The van der Waals surface area contributed by atoms with E-state index in [1.165, 1.54) is 23.1 Å².